The molecule has 28 heavy (non-hydrogen) atoms. The maximum Gasteiger partial charge on any atom is 0.471 e. The highest BCUT2D eigenvalue weighted by atomic mass is 32.2. The summed E-state index contributed by atoms with van der Waals surface area (Å²) in [6.07, 6.45) is -2.13. The number of benzene rings is 2. The second-order valence-corrected chi connectivity index (χ2v) is 7.64. The lowest BCUT2D eigenvalue weighted by Gasteiger charge is -2.19. The smallest absolute Gasteiger partial charge is 0.329 e. The van der Waals surface area contributed by atoms with Crippen LogP contribution in [0, 0.1) is 0 Å². The molecular formula is C18H14F3N3O3S. The van der Waals surface area contributed by atoms with E-state index >= 15 is 0 Å². The third-order valence-electron chi connectivity index (χ3n) is 3.75. The summed E-state index contributed by atoms with van der Waals surface area (Å²) in [4.78, 5) is 3.25. The molecule has 0 amide bonds. The molecule has 0 fully saturated rings. The summed E-state index contributed by atoms with van der Waals surface area (Å²) in [6, 6.07) is 14.5. The van der Waals surface area contributed by atoms with Crippen LogP contribution in [-0.2, 0) is 16.2 Å². The van der Waals surface area contributed by atoms with Gasteiger partial charge >= 0.3 is 12.1 Å². The maximum atomic E-state index is 12.8. The monoisotopic (exact) mass is 409 g/mol. The van der Waals surface area contributed by atoms with E-state index in [0.29, 0.717) is 11.3 Å². The van der Waals surface area contributed by atoms with E-state index < -0.39 is 22.1 Å². The number of hydrogen-bond acceptors (Lipinski definition) is 5. The average Bonchev–Trinajstić information content (AvgIpc) is 3.16. The summed E-state index contributed by atoms with van der Waals surface area (Å²) in [5.41, 5.74) is 0.941. The maximum absolute atomic E-state index is 12.8. The van der Waals surface area contributed by atoms with Crippen LogP contribution in [0.3, 0.4) is 0 Å². The summed E-state index contributed by atoms with van der Waals surface area (Å²) in [6.45, 7) is 0. The fourth-order valence-electron chi connectivity index (χ4n) is 2.30. The van der Waals surface area contributed by atoms with Gasteiger partial charge in [0, 0.05) is 7.05 Å². The highest BCUT2D eigenvalue weighted by Crippen LogP contribution is 2.27. The quantitative estimate of drug-likeness (QED) is 0.635. The number of alkyl halides is 3. The van der Waals surface area contributed by atoms with Crippen molar-refractivity contribution >= 4 is 27.9 Å². The van der Waals surface area contributed by atoms with Gasteiger partial charge in [-0.15, -0.1) is 0 Å². The molecule has 0 aliphatic carbocycles. The standard InChI is InChI=1S/C18H14F3N3O3S/c1-24(14-7-3-2-4-8-14)28(25,26)15-9-5-6-13(12-15)10-11-16-22-17(27-23-16)18(19,20)21/h2-12H,1H3. The second-order valence-electron chi connectivity index (χ2n) is 5.67. The molecule has 0 radical (unpaired) electrons. The lowest BCUT2D eigenvalue weighted by atomic mass is 10.2. The number of halogens is 3. The molecule has 1 aromatic heterocycles. The van der Waals surface area contributed by atoms with Crippen LogP contribution in [0.1, 0.15) is 17.3 Å². The first-order valence-corrected chi connectivity index (χ1v) is 9.35. The average molecular weight is 409 g/mol. The first kappa shape index (κ1) is 19.6. The number of sulfonamides is 1. The molecule has 0 atom stereocenters. The largest absolute Gasteiger partial charge is 0.471 e. The highest BCUT2D eigenvalue weighted by Gasteiger charge is 2.38. The Morgan fingerprint density at radius 1 is 1.04 bits per heavy atom. The van der Waals surface area contributed by atoms with E-state index in [4.69, 9.17) is 0 Å². The molecule has 0 aliphatic rings. The lowest BCUT2D eigenvalue weighted by Crippen LogP contribution is -2.26. The summed E-state index contributed by atoms with van der Waals surface area (Å²) >= 11 is 0. The third-order valence-corrected chi connectivity index (χ3v) is 5.53. The molecular weight excluding hydrogens is 395 g/mol. The molecule has 2 aromatic carbocycles. The Morgan fingerprint density at radius 2 is 1.75 bits per heavy atom. The Bertz CT molecular complexity index is 1090. The van der Waals surface area contributed by atoms with E-state index in [9.17, 15) is 21.6 Å². The van der Waals surface area contributed by atoms with Crippen molar-refractivity contribution in [3.8, 4) is 0 Å². The molecule has 146 valence electrons. The van der Waals surface area contributed by atoms with Crippen LogP contribution < -0.4 is 4.31 Å². The fraction of sp³-hybridized carbons (Fsp3) is 0.111. The van der Waals surface area contributed by atoms with E-state index in [0.717, 1.165) is 4.31 Å². The summed E-state index contributed by atoms with van der Waals surface area (Å²) in [7, 11) is -2.38. The SMILES string of the molecule is CN(c1ccccc1)S(=O)(=O)c1cccc(C=Cc2noc(C(F)(F)F)n2)c1. The number of anilines is 1. The number of nitrogens with zero attached hydrogens (tertiary/aromatic N) is 3. The van der Waals surface area contributed by atoms with Gasteiger partial charge in [0.2, 0.25) is 0 Å². The Kier molecular flexibility index (Phi) is 5.23. The Hall–Kier alpha value is -3.14. The van der Waals surface area contributed by atoms with Gasteiger partial charge in [0.25, 0.3) is 10.0 Å². The third kappa shape index (κ3) is 4.22. The van der Waals surface area contributed by atoms with E-state index in [1.807, 2.05) is 0 Å². The Balaban J connectivity index is 1.85. The first-order valence-electron chi connectivity index (χ1n) is 7.91. The van der Waals surface area contributed by atoms with E-state index in [1.165, 1.54) is 37.4 Å². The van der Waals surface area contributed by atoms with Crippen LogP contribution in [0.15, 0.2) is 64.0 Å². The molecule has 10 heteroatoms. The van der Waals surface area contributed by atoms with Crippen LogP contribution in [0.4, 0.5) is 18.9 Å². The van der Waals surface area contributed by atoms with E-state index in [-0.39, 0.29) is 10.7 Å². The zero-order valence-electron chi connectivity index (χ0n) is 14.5. The number of para-hydroxylation sites is 1. The van der Waals surface area contributed by atoms with Gasteiger partial charge in [0.15, 0.2) is 5.82 Å². The number of aromatic nitrogens is 2. The summed E-state index contributed by atoms with van der Waals surface area (Å²) < 4.78 is 68.3. The molecule has 3 rings (SSSR count). The zero-order valence-corrected chi connectivity index (χ0v) is 15.3. The number of rotatable bonds is 5. The molecule has 1 heterocycles. The van der Waals surface area contributed by atoms with Gasteiger partial charge in [-0.2, -0.15) is 18.2 Å². The minimum Gasteiger partial charge on any atom is -0.329 e. The number of hydrogen-bond donors (Lipinski definition) is 0. The van der Waals surface area contributed by atoms with Gasteiger partial charge in [0.1, 0.15) is 0 Å². The molecule has 0 N–H and O–H groups in total. The Morgan fingerprint density at radius 3 is 2.39 bits per heavy atom. The second kappa shape index (κ2) is 7.47. The summed E-state index contributed by atoms with van der Waals surface area (Å²) in [5.74, 6) is -1.73. The van der Waals surface area contributed by atoms with Crippen molar-refractivity contribution < 1.29 is 26.1 Å². The predicted molar refractivity (Wildman–Crippen MR) is 96.7 cm³/mol. The van der Waals surface area contributed by atoms with Crippen LogP contribution in [-0.4, -0.2) is 25.6 Å². The molecule has 0 saturated heterocycles. The molecule has 3 aromatic rings. The highest BCUT2D eigenvalue weighted by molar-refractivity contribution is 7.92. The molecule has 0 aliphatic heterocycles. The first-order chi connectivity index (χ1) is 13.2. The van der Waals surface area contributed by atoms with E-state index in [2.05, 4.69) is 14.7 Å². The van der Waals surface area contributed by atoms with Crippen molar-refractivity contribution in [1.82, 2.24) is 10.1 Å². The predicted octanol–water partition coefficient (Wildman–Crippen LogP) is 4.08. The van der Waals surface area contributed by atoms with Gasteiger partial charge in [-0.25, -0.2) is 8.42 Å². The molecule has 0 saturated carbocycles. The van der Waals surface area contributed by atoms with Crippen LogP contribution in [0.25, 0.3) is 12.2 Å². The van der Waals surface area contributed by atoms with Gasteiger partial charge in [-0.3, -0.25) is 4.31 Å². The Labute approximate surface area is 159 Å². The van der Waals surface area contributed by atoms with Crippen LogP contribution >= 0.6 is 0 Å². The van der Waals surface area contributed by atoms with Crippen molar-refractivity contribution in [3.05, 3.63) is 71.9 Å². The van der Waals surface area contributed by atoms with Crippen molar-refractivity contribution in [2.75, 3.05) is 11.4 Å². The van der Waals surface area contributed by atoms with Crippen molar-refractivity contribution in [1.29, 1.82) is 0 Å². The van der Waals surface area contributed by atoms with Gasteiger partial charge in [-0.1, -0.05) is 41.6 Å². The van der Waals surface area contributed by atoms with Crippen molar-refractivity contribution in [2.24, 2.45) is 0 Å². The van der Waals surface area contributed by atoms with Gasteiger partial charge in [0.05, 0.1) is 10.6 Å². The molecule has 0 spiro atoms. The van der Waals surface area contributed by atoms with E-state index in [1.54, 1.807) is 36.4 Å². The zero-order chi connectivity index (χ0) is 20.4. The van der Waals surface area contributed by atoms with Crippen LogP contribution in [0.5, 0.6) is 0 Å². The topological polar surface area (TPSA) is 76.3 Å². The minimum atomic E-state index is -4.73. The fourth-order valence-corrected chi connectivity index (χ4v) is 3.55. The normalized spacial score (nSPS) is 12.4. The van der Waals surface area contributed by atoms with Gasteiger partial charge < -0.3 is 4.52 Å². The van der Waals surface area contributed by atoms with Crippen molar-refractivity contribution in [3.63, 3.8) is 0 Å². The molecule has 0 unspecified atom stereocenters. The van der Waals surface area contributed by atoms with Crippen molar-refractivity contribution in [2.45, 2.75) is 11.1 Å². The molecule has 6 nitrogen and oxygen atoms in total. The molecule has 0 bridgehead atoms. The van der Waals surface area contributed by atoms with Gasteiger partial charge in [-0.05, 0) is 35.9 Å². The minimum absolute atomic E-state index is 0.0325. The summed E-state index contributed by atoms with van der Waals surface area (Å²) in [5, 5.41) is 3.22. The van der Waals surface area contributed by atoms with Crippen LogP contribution in [0.2, 0.25) is 0 Å². The lowest BCUT2D eigenvalue weighted by molar-refractivity contribution is -0.159.